The second-order valence-corrected chi connectivity index (χ2v) is 5.74. The van der Waals surface area contributed by atoms with Crippen molar-refractivity contribution in [3.05, 3.63) is 47.1 Å². The van der Waals surface area contributed by atoms with Gasteiger partial charge < -0.3 is 10.1 Å². The fourth-order valence-corrected chi connectivity index (χ4v) is 2.14. The van der Waals surface area contributed by atoms with Gasteiger partial charge in [-0.1, -0.05) is 17.7 Å². The van der Waals surface area contributed by atoms with Crippen molar-refractivity contribution in [2.24, 2.45) is 0 Å². The summed E-state index contributed by atoms with van der Waals surface area (Å²) in [5.41, 5.74) is 0.296. The molecule has 0 aliphatic heterocycles. The number of ether oxygens (including phenoxy) is 1. The van der Waals surface area contributed by atoms with Gasteiger partial charge in [0.25, 0.3) is 5.91 Å². The number of anilines is 1. The molecule has 0 bridgehead atoms. The highest BCUT2D eigenvalue weighted by atomic mass is 35.5. The molecule has 0 fully saturated rings. The number of rotatable bonds is 5. The summed E-state index contributed by atoms with van der Waals surface area (Å²) in [6.45, 7) is 5.41. The lowest BCUT2D eigenvalue weighted by atomic mass is 10.2. The van der Waals surface area contributed by atoms with Gasteiger partial charge in [0.2, 0.25) is 0 Å². The van der Waals surface area contributed by atoms with E-state index in [0.29, 0.717) is 16.4 Å². The van der Waals surface area contributed by atoms with Crippen LogP contribution in [0.5, 0.6) is 0 Å². The van der Waals surface area contributed by atoms with Crippen molar-refractivity contribution in [2.75, 3.05) is 5.32 Å². The minimum atomic E-state index is -0.947. The van der Waals surface area contributed by atoms with E-state index in [1.54, 1.807) is 35.1 Å². The molecular weight excluding hydrogens is 318 g/mol. The van der Waals surface area contributed by atoms with Crippen molar-refractivity contribution in [3.8, 4) is 0 Å². The van der Waals surface area contributed by atoms with Crippen molar-refractivity contribution in [2.45, 2.75) is 32.9 Å². The van der Waals surface area contributed by atoms with Gasteiger partial charge in [0.15, 0.2) is 6.10 Å². The van der Waals surface area contributed by atoms with Gasteiger partial charge in [0.1, 0.15) is 5.82 Å². The van der Waals surface area contributed by atoms with Crippen LogP contribution in [-0.2, 0) is 9.53 Å². The van der Waals surface area contributed by atoms with Crippen molar-refractivity contribution in [1.82, 2.24) is 9.78 Å². The van der Waals surface area contributed by atoms with Gasteiger partial charge >= 0.3 is 5.97 Å². The highest BCUT2D eigenvalue weighted by Gasteiger charge is 2.20. The number of halogens is 1. The Labute approximate surface area is 139 Å². The first kappa shape index (κ1) is 17.0. The first-order valence-electron chi connectivity index (χ1n) is 7.19. The van der Waals surface area contributed by atoms with Crippen LogP contribution in [0.25, 0.3) is 0 Å². The van der Waals surface area contributed by atoms with Gasteiger partial charge in [-0.15, -0.1) is 0 Å². The summed E-state index contributed by atoms with van der Waals surface area (Å²) in [6.07, 6.45) is 0.648. The van der Waals surface area contributed by atoms with E-state index < -0.39 is 18.0 Å². The Morgan fingerprint density at radius 2 is 2.00 bits per heavy atom. The van der Waals surface area contributed by atoms with E-state index in [0.717, 1.165) is 0 Å². The van der Waals surface area contributed by atoms with Gasteiger partial charge in [-0.25, -0.2) is 9.48 Å². The molecule has 1 amide bonds. The zero-order valence-corrected chi connectivity index (χ0v) is 13.9. The molecule has 122 valence electrons. The number of hydrogen-bond acceptors (Lipinski definition) is 4. The van der Waals surface area contributed by atoms with Gasteiger partial charge in [-0.3, -0.25) is 4.79 Å². The molecular formula is C16H18ClN3O3. The number of benzene rings is 1. The summed E-state index contributed by atoms with van der Waals surface area (Å²) in [6, 6.07) is 8.15. The summed E-state index contributed by atoms with van der Waals surface area (Å²) in [5.74, 6) is -0.481. The van der Waals surface area contributed by atoms with E-state index in [9.17, 15) is 9.59 Å². The van der Waals surface area contributed by atoms with E-state index >= 15 is 0 Å². The summed E-state index contributed by atoms with van der Waals surface area (Å²) in [4.78, 5) is 24.2. The Hall–Kier alpha value is -2.34. The predicted molar refractivity (Wildman–Crippen MR) is 87.6 cm³/mol. The number of esters is 1. The van der Waals surface area contributed by atoms with Gasteiger partial charge in [0.05, 0.1) is 11.8 Å². The van der Waals surface area contributed by atoms with Crippen molar-refractivity contribution >= 4 is 29.3 Å². The second kappa shape index (κ2) is 7.28. The Balaban J connectivity index is 2.00. The first-order valence-corrected chi connectivity index (χ1v) is 7.57. The van der Waals surface area contributed by atoms with Crippen molar-refractivity contribution in [3.63, 3.8) is 0 Å². The Morgan fingerprint density at radius 1 is 1.26 bits per heavy atom. The molecule has 1 atom stereocenters. The highest BCUT2D eigenvalue weighted by molar-refractivity contribution is 6.30. The molecule has 0 aliphatic carbocycles. The third-order valence-electron chi connectivity index (χ3n) is 3.12. The van der Waals surface area contributed by atoms with E-state index in [-0.39, 0.29) is 6.04 Å². The van der Waals surface area contributed by atoms with E-state index in [1.165, 1.54) is 13.0 Å². The van der Waals surface area contributed by atoms with Gasteiger partial charge in [-0.05, 0) is 39.0 Å². The Morgan fingerprint density at radius 3 is 2.65 bits per heavy atom. The minimum absolute atomic E-state index is 0.101. The number of nitrogens with zero attached hydrogens (tertiary/aromatic N) is 2. The average molecular weight is 336 g/mol. The van der Waals surface area contributed by atoms with Crippen LogP contribution in [0.2, 0.25) is 5.02 Å². The van der Waals surface area contributed by atoms with Gasteiger partial charge in [0, 0.05) is 17.1 Å². The topological polar surface area (TPSA) is 73.2 Å². The lowest BCUT2D eigenvalue weighted by molar-refractivity contribution is -0.123. The van der Waals surface area contributed by atoms with Crippen LogP contribution in [0.1, 0.15) is 37.2 Å². The molecule has 0 unspecified atom stereocenters. The van der Waals surface area contributed by atoms with Crippen LogP contribution < -0.4 is 5.32 Å². The zero-order valence-electron chi connectivity index (χ0n) is 13.1. The molecule has 1 aromatic carbocycles. The maximum absolute atomic E-state index is 12.2. The predicted octanol–water partition coefficient (Wildman–Crippen LogP) is 3.30. The lowest BCUT2D eigenvalue weighted by Crippen LogP contribution is -2.31. The molecule has 0 radical (unpaired) electrons. The smallest absolute Gasteiger partial charge is 0.338 e. The minimum Gasteiger partial charge on any atom is -0.449 e. The Bertz CT molecular complexity index is 712. The molecule has 1 aromatic heterocycles. The molecule has 0 saturated heterocycles. The van der Waals surface area contributed by atoms with Crippen LogP contribution in [-0.4, -0.2) is 27.8 Å². The molecule has 1 N–H and O–H groups in total. The quantitative estimate of drug-likeness (QED) is 0.851. The molecule has 0 saturated carbocycles. The summed E-state index contributed by atoms with van der Waals surface area (Å²) in [5, 5.41) is 7.25. The van der Waals surface area contributed by atoms with E-state index in [2.05, 4.69) is 10.4 Å². The third kappa shape index (κ3) is 4.32. The fourth-order valence-electron chi connectivity index (χ4n) is 1.95. The number of nitrogens with one attached hydrogen (secondary N) is 1. The first-order chi connectivity index (χ1) is 10.9. The molecule has 23 heavy (non-hydrogen) atoms. The lowest BCUT2D eigenvalue weighted by Gasteiger charge is -2.15. The third-order valence-corrected chi connectivity index (χ3v) is 3.36. The molecule has 6 nitrogen and oxygen atoms in total. The summed E-state index contributed by atoms with van der Waals surface area (Å²) >= 11 is 5.83. The molecule has 7 heteroatoms. The normalized spacial score (nSPS) is 12.0. The van der Waals surface area contributed by atoms with E-state index in [4.69, 9.17) is 16.3 Å². The molecule has 2 aromatic rings. The maximum Gasteiger partial charge on any atom is 0.338 e. The number of amides is 1. The molecule has 1 heterocycles. The van der Waals surface area contributed by atoms with Crippen LogP contribution in [0, 0.1) is 0 Å². The number of carbonyl (C=O) groups is 2. The number of aromatic nitrogens is 2. The maximum atomic E-state index is 12.2. The fraction of sp³-hybridized carbons (Fsp3) is 0.312. The van der Waals surface area contributed by atoms with Crippen LogP contribution >= 0.6 is 11.6 Å². The molecule has 2 rings (SSSR count). The van der Waals surface area contributed by atoms with E-state index in [1.807, 2.05) is 13.8 Å². The molecule has 0 aliphatic rings. The highest BCUT2D eigenvalue weighted by Crippen LogP contribution is 2.15. The van der Waals surface area contributed by atoms with Crippen molar-refractivity contribution in [1.29, 1.82) is 0 Å². The monoisotopic (exact) mass is 335 g/mol. The second-order valence-electron chi connectivity index (χ2n) is 5.30. The molecule has 0 spiro atoms. The largest absolute Gasteiger partial charge is 0.449 e. The Kier molecular flexibility index (Phi) is 5.39. The van der Waals surface area contributed by atoms with Crippen LogP contribution in [0.15, 0.2) is 36.5 Å². The van der Waals surface area contributed by atoms with Crippen LogP contribution in [0.4, 0.5) is 5.82 Å². The van der Waals surface area contributed by atoms with Gasteiger partial charge in [-0.2, -0.15) is 5.10 Å². The standard InChI is InChI=1S/C16H18ClN3O3/c1-10(2)20-14(7-8-18-20)19-15(21)11(3)23-16(22)12-5-4-6-13(17)9-12/h4-11H,1-3H3,(H,19,21)/t11-/m0/s1. The summed E-state index contributed by atoms with van der Waals surface area (Å²) in [7, 11) is 0. The SMILES string of the molecule is CC(C)n1nccc1NC(=O)[C@H](C)OC(=O)c1cccc(Cl)c1. The zero-order chi connectivity index (χ0) is 17.0. The number of hydrogen-bond donors (Lipinski definition) is 1. The average Bonchev–Trinajstić information content (AvgIpc) is 2.95. The number of carbonyl (C=O) groups excluding carboxylic acids is 2. The van der Waals surface area contributed by atoms with Crippen molar-refractivity contribution < 1.29 is 14.3 Å². The summed E-state index contributed by atoms with van der Waals surface area (Å²) < 4.78 is 6.83. The van der Waals surface area contributed by atoms with Crippen LogP contribution in [0.3, 0.4) is 0 Å².